The molecule has 0 bridgehead atoms. The molecule has 0 saturated carbocycles. The second-order valence-electron chi connectivity index (χ2n) is 4.07. The first-order valence-corrected chi connectivity index (χ1v) is 7.36. The van der Waals surface area contributed by atoms with Crippen LogP contribution in [-0.4, -0.2) is 14.3 Å². The Bertz CT molecular complexity index is 505. The smallest absolute Gasteiger partial charge is 0.238 e. The molecule has 1 rings (SSSR count). The van der Waals surface area contributed by atoms with Gasteiger partial charge in [0.15, 0.2) is 0 Å². The molecule has 0 aromatic heterocycles. The van der Waals surface area contributed by atoms with Crippen molar-refractivity contribution in [1.82, 2.24) is 0 Å². The zero-order valence-corrected chi connectivity index (χ0v) is 11.3. The van der Waals surface area contributed by atoms with E-state index in [-0.39, 0.29) is 16.7 Å². The van der Waals surface area contributed by atoms with Crippen LogP contribution in [0.1, 0.15) is 26.7 Å². The fourth-order valence-electron chi connectivity index (χ4n) is 1.63. The van der Waals surface area contributed by atoms with Crippen LogP contribution >= 0.6 is 0 Å². The Balaban J connectivity index is 2.79. The van der Waals surface area contributed by atoms with Crippen LogP contribution in [0.15, 0.2) is 29.2 Å². The van der Waals surface area contributed by atoms with Gasteiger partial charge in [-0.1, -0.05) is 13.8 Å². The van der Waals surface area contributed by atoms with Crippen molar-refractivity contribution in [3.63, 3.8) is 0 Å². The number of benzene rings is 1. The van der Waals surface area contributed by atoms with Crippen LogP contribution in [0.2, 0.25) is 0 Å². The second kappa shape index (κ2) is 5.97. The van der Waals surface area contributed by atoms with Crippen molar-refractivity contribution in [3.05, 3.63) is 24.3 Å². The monoisotopic (exact) mass is 270 g/mol. The first-order chi connectivity index (χ1) is 8.38. The maximum absolute atomic E-state index is 11.8. The summed E-state index contributed by atoms with van der Waals surface area (Å²) in [5, 5.41) is 7.73. The van der Waals surface area contributed by atoms with E-state index < -0.39 is 10.0 Å². The predicted molar refractivity (Wildman–Crippen MR) is 70.5 cm³/mol. The molecule has 5 nitrogen and oxygen atoms in total. The highest BCUT2D eigenvalue weighted by atomic mass is 32.2. The Morgan fingerprint density at radius 2 is 1.72 bits per heavy atom. The summed E-state index contributed by atoms with van der Waals surface area (Å²) in [6.07, 6.45) is 1.55. The average Bonchev–Trinajstić information content (AvgIpc) is 2.30. The van der Waals surface area contributed by atoms with Crippen molar-refractivity contribution >= 4 is 21.6 Å². The van der Waals surface area contributed by atoms with E-state index in [2.05, 4.69) is 5.32 Å². The number of carbonyl (C=O) groups excluding carboxylic acids is 1. The molecule has 0 saturated heterocycles. The first kappa shape index (κ1) is 14.7. The molecular formula is C12H18N2O3S. The number of hydrogen-bond acceptors (Lipinski definition) is 3. The number of nitrogens with one attached hydrogen (secondary N) is 1. The Morgan fingerprint density at radius 1 is 1.22 bits per heavy atom. The molecule has 1 aromatic carbocycles. The van der Waals surface area contributed by atoms with Gasteiger partial charge in [0.1, 0.15) is 0 Å². The van der Waals surface area contributed by atoms with Crippen LogP contribution in [0.4, 0.5) is 5.69 Å². The van der Waals surface area contributed by atoms with Gasteiger partial charge in [0.05, 0.1) is 4.90 Å². The molecular weight excluding hydrogens is 252 g/mol. The van der Waals surface area contributed by atoms with Crippen molar-refractivity contribution < 1.29 is 13.2 Å². The summed E-state index contributed by atoms with van der Waals surface area (Å²) in [7, 11) is -3.69. The summed E-state index contributed by atoms with van der Waals surface area (Å²) in [5.74, 6) is -0.0775. The lowest BCUT2D eigenvalue weighted by Crippen LogP contribution is -2.21. The highest BCUT2D eigenvalue weighted by Crippen LogP contribution is 2.15. The summed E-state index contributed by atoms with van der Waals surface area (Å²) < 4.78 is 22.1. The molecule has 0 spiro atoms. The number of carbonyl (C=O) groups is 1. The average molecular weight is 270 g/mol. The fourth-order valence-corrected chi connectivity index (χ4v) is 2.15. The largest absolute Gasteiger partial charge is 0.326 e. The maximum Gasteiger partial charge on any atom is 0.238 e. The highest BCUT2D eigenvalue weighted by molar-refractivity contribution is 7.89. The Hall–Kier alpha value is -1.40. The zero-order chi connectivity index (χ0) is 13.8. The molecule has 0 radical (unpaired) electrons. The molecule has 0 aliphatic heterocycles. The van der Waals surface area contributed by atoms with Crippen LogP contribution in [0, 0.1) is 5.92 Å². The molecule has 0 fully saturated rings. The van der Waals surface area contributed by atoms with Gasteiger partial charge in [-0.2, -0.15) is 0 Å². The summed E-state index contributed by atoms with van der Waals surface area (Å²) in [4.78, 5) is 11.8. The van der Waals surface area contributed by atoms with Gasteiger partial charge in [0.2, 0.25) is 15.9 Å². The lowest BCUT2D eigenvalue weighted by Gasteiger charge is -2.12. The molecule has 100 valence electrons. The Morgan fingerprint density at radius 3 is 2.11 bits per heavy atom. The molecule has 0 aliphatic rings. The molecule has 6 heteroatoms. The zero-order valence-electron chi connectivity index (χ0n) is 10.5. The van der Waals surface area contributed by atoms with E-state index in [0.29, 0.717) is 5.69 Å². The van der Waals surface area contributed by atoms with Crippen molar-refractivity contribution in [2.45, 2.75) is 31.6 Å². The summed E-state index contributed by atoms with van der Waals surface area (Å²) in [6, 6.07) is 5.80. The van der Waals surface area contributed by atoms with E-state index >= 15 is 0 Å². The first-order valence-electron chi connectivity index (χ1n) is 5.82. The molecule has 1 aromatic rings. The van der Waals surface area contributed by atoms with Crippen LogP contribution < -0.4 is 10.5 Å². The van der Waals surface area contributed by atoms with E-state index in [0.717, 1.165) is 12.8 Å². The second-order valence-corrected chi connectivity index (χ2v) is 5.63. The van der Waals surface area contributed by atoms with E-state index in [1.54, 1.807) is 0 Å². The van der Waals surface area contributed by atoms with Crippen molar-refractivity contribution in [3.8, 4) is 0 Å². The number of amides is 1. The molecule has 18 heavy (non-hydrogen) atoms. The minimum atomic E-state index is -3.69. The molecule has 0 heterocycles. The molecule has 0 aliphatic carbocycles. The van der Waals surface area contributed by atoms with Gasteiger partial charge in [0, 0.05) is 11.6 Å². The standard InChI is InChI=1S/C12H18N2O3S/c1-3-9(4-2)12(15)14-10-5-7-11(8-6-10)18(13,16)17/h5-9H,3-4H2,1-2H3,(H,14,15)(H2,13,16,17). The fraction of sp³-hybridized carbons (Fsp3) is 0.417. The van der Waals surface area contributed by atoms with E-state index in [1.807, 2.05) is 13.8 Å². The van der Waals surface area contributed by atoms with Gasteiger partial charge in [-0.25, -0.2) is 13.6 Å². The molecule has 0 unspecified atom stereocenters. The van der Waals surface area contributed by atoms with Crippen LogP contribution in [0.25, 0.3) is 0 Å². The Kier molecular flexibility index (Phi) is 4.86. The normalized spacial score (nSPS) is 11.6. The van der Waals surface area contributed by atoms with Gasteiger partial charge in [-0.05, 0) is 37.1 Å². The third-order valence-corrected chi connectivity index (χ3v) is 3.74. The molecule has 3 N–H and O–H groups in total. The number of sulfonamides is 1. The Labute approximate surface area is 107 Å². The number of rotatable bonds is 5. The summed E-state index contributed by atoms with van der Waals surface area (Å²) >= 11 is 0. The van der Waals surface area contributed by atoms with Gasteiger partial charge in [0.25, 0.3) is 0 Å². The van der Waals surface area contributed by atoms with E-state index in [4.69, 9.17) is 5.14 Å². The van der Waals surface area contributed by atoms with E-state index in [9.17, 15) is 13.2 Å². The van der Waals surface area contributed by atoms with Crippen LogP contribution in [0.3, 0.4) is 0 Å². The third kappa shape index (κ3) is 3.82. The lowest BCUT2D eigenvalue weighted by atomic mass is 10.0. The topological polar surface area (TPSA) is 89.3 Å². The number of anilines is 1. The predicted octanol–water partition coefficient (Wildman–Crippen LogP) is 1.71. The number of hydrogen-bond donors (Lipinski definition) is 2. The van der Waals surface area contributed by atoms with Crippen LogP contribution in [0.5, 0.6) is 0 Å². The molecule has 0 atom stereocenters. The SMILES string of the molecule is CCC(CC)C(=O)Nc1ccc(S(N)(=O)=O)cc1. The molecule has 1 amide bonds. The minimum absolute atomic E-state index is 0.0251. The lowest BCUT2D eigenvalue weighted by molar-refractivity contribution is -0.120. The van der Waals surface area contributed by atoms with Crippen LogP contribution in [-0.2, 0) is 14.8 Å². The quantitative estimate of drug-likeness (QED) is 0.853. The number of nitrogens with two attached hydrogens (primary N) is 1. The third-order valence-electron chi connectivity index (χ3n) is 2.81. The van der Waals surface area contributed by atoms with Gasteiger partial charge < -0.3 is 5.32 Å². The van der Waals surface area contributed by atoms with Gasteiger partial charge in [-0.3, -0.25) is 4.79 Å². The maximum atomic E-state index is 11.8. The van der Waals surface area contributed by atoms with Gasteiger partial charge >= 0.3 is 0 Å². The van der Waals surface area contributed by atoms with Gasteiger partial charge in [-0.15, -0.1) is 0 Å². The summed E-state index contributed by atoms with van der Waals surface area (Å²) in [6.45, 7) is 3.91. The summed E-state index contributed by atoms with van der Waals surface area (Å²) in [5.41, 5.74) is 0.569. The highest BCUT2D eigenvalue weighted by Gasteiger charge is 2.14. The van der Waals surface area contributed by atoms with E-state index in [1.165, 1.54) is 24.3 Å². The van der Waals surface area contributed by atoms with Crippen molar-refractivity contribution in [2.75, 3.05) is 5.32 Å². The number of primary sulfonamides is 1. The van der Waals surface area contributed by atoms with Crippen molar-refractivity contribution in [1.29, 1.82) is 0 Å². The minimum Gasteiger partial charge on any atom is -0.326 e. The van der Waals surface area contributed by atoms with Crippen molar-refractivity contribution in [2.24, 2.45) is 11.1 Å².